The summed E-state index contributed by atoms with van der Waals surface area (Å²) in [5.41, 5.74) is 2.33. The van der Waals surface area contributed by atoms with E-state index in [2.05, 4.69) is 15.5 Å². The number of benzene rings is 1. The van der Waals surface area contributed by atoms with Crippen molar-refractivity contribution in [2.45, 2.75) is 20.4 Å². The highest BCUT2D eigenvalue weighted by Gasteiger charge is 2.22. The van der Waals surface area contributed by atoms with Gasteiger partial charge < -0.3 is 14.2 Å². The van der Waals surface area contributed by atoms with Crippen molar-refractivity contribution in [2.75, 3.05) is 14.2 Å². The molecule has 3 aromatic rings. The number of ether oxygens (including phenoxy) is 1. The molecule has 2 aromatic heterocycles. The van der Waals surface area contributed by atoms with Gasteiger partial charge in [0.05, 0.1) is 19.3 Å². The molecule has 0 saturated heterocycles. The molecule has 2 heterocycles. The van der Waals surface area contributed by atoms with Crippen LogP contribution < -0.4 is 4.74 Å². The molecule has 0 atom stereocenters. The summed E-state index contributed by atoms with van der Waals surface area (Å²) in [6, 6.07) is 9.23. The van der Waals surface area contributed by atoms with Crippen LogP contribution in [0.25, 0.3) is 5.69 Å². The molecule has 0 aliphatic carbocycles. The molecule has 8 nitrogen and oxygen atoms in total. The van der Waals surface area contributed by atoms with E-state index in [4.69, 9.17) is 9.26 Å². The Hall–Kier alpha value is -3.16. The Morgan fingerprint density at radius 2 is 2.08 bits per heavy atom. The third-order valence-corrected chi connectivity index (χ3v) is 3.83. The molecule has 3 rings (SSSR count). The average Bonchev–Trinajstić information content (AvgIpc) is 3.19. The van der Waals surface area contributed by atoms with Crippen molar-refractivity contribution in [2.24, 2.45) is 0 Å². The molecule has 0 radical (unpaired) electrons. The molecule has 0 bridgehead atoms. The van der Waals surface area contributed by atoms with E-state index in [0.29, 0.717) is 29.4 Å². The fourth-order valence-electron chi connectivity index (χ4n) is 2.55. The van der Waals surface area contributed by atoms with Crippen LogP contribution >= 0.6 is 0 Å². The van der Waals surface area contributed by atoms with Crippen LogP contribution in [0.4, 0.5) is 0 Å². The zero-order valence-corrected chi connectivity index (χ0v) is 14.6. The van der Waals surface area contributed by atoms with E-state index in [-0.39, 0.29) is 11.6 Å². The molecule has 1 aromatic carbocycles. The van der Waals surface area contributed by atoms with Crippen LogP contribution in [0.1, 0.15) is 27.6 Å². The summed E-state index contributed by atoms with van der Waals surface area (Å²) in [7, 11) is 3.28. The SMILES string of the molecule is COc1ccccc1-n1nnc(C(=O)N(C)Cc2cc(C)on2)c1C. The number of aromatic nitrogens is 4. The van der Waals surface area contributed by atoms with E-state index in [1.54, 1.807) is 38.8 Å². The Bertz CT molecular complexity index is 899. The van der Waals surface area contributed by atoms with Gasteiger partial charge in [-0.3, -0.25) is 4.79 Å². The monoisotopic (exact) mass is 341 g/mol. The van der Waals surface area contributed by atoms with E-state index in [1.165, 1.54) is 4.90 Å². The molecule has 8 heteroatoms. The minimum Gasteiger partial charge on any atom is -0.494 e. The van der Waals surface area contributed by atoms with E-state index < -0.39 is 0 Å². The van der Waals surface area contributed by atoms with Gasteiger partial charge in [-0.25, -0.2) is 4.68 Å². The Balaban J connectivity index is 1.86. The van der Waals surface area contributed by atoms with Crippen LogP contribution in [0.5, 0.6) is 5.75 Å². The standard InChI is InChI=1S/C17H19N5O3/c1-11-9-13(19-25-11)10-21(3)17(23)16-12(2)22(20-18-16)14-7-5-6-8-15(14)24-4/h5-9H,10H2,1-4H3. The minimum atomic E-state index is -0.237. The van der Waals surface area contributed by atoms with Crippen LogP contribution in [0, 0.1) is 13.8 Å². The number of hydrogen-bond donors (Lipinski definition) is 0. The van der Waals surface area contributed by atoms with Crippen molar-refractivity contribution >= 4 is 5.91 Å². The number of para-hydroxylation sites is 2. The van der Waals surface area contributed by atoms with Gasteiger partial charge in [0, 0.05) is 13.1 Å². The first-order valence-corrected chi connectivity index (χ1v) is 7.74. The first-order chi connectivity index (χ1) is 12.0. The second-order valence-corrected chi connectivity index (χ2v) is 5.70. The van der Waals surface area contributed by atoms with E-state index in [1.807, 2.05) is 24.3 Å². The molecule has 25 heavy (non-hydrogen) atoms. The molecule has 0 fully saturated rings. The van der Waals surface area contributed by atoms with Crippen LogP contribution in [0.15, 0.2) is 34.9 Å². The van der Waals surface area contributed by atoms with Gasteiger partial charge in [0.15, 0.2) is 5.69 Å². The second kappa shape index (κ2) is 6.76. The lowest BCUT2D eigenvalue weighted by Gasteiger charge is -2.14. The number of aryl methyl sites for hydroxylation is 1. The Morgan fingerprint density at radius 1 is 1.32 bits per heavy atom. The summed E-state index contributed by atoms with van der Waals surface area (Å²) < 4.78 is 12.0. The van der Waals surface area contributed by atoms with Crippen LogP contribution in [0.2, 0.25) is 0 Å². The third-order valence-electron chi connectivity index (χ3n) is 3.83. The summed E-state index contributed by atoms with van der Waals surface area (Å²) >= 11 is 0. The lowest BCUT2D eigenvalue weighted by atomic mass is 10.2. The van der Waals surface area contributed by atoms with Gasteiger partial charge in [0.2, 0.25) is 0 Å². The Morgan fingerprint density at radius 3 is 2.76 bits per heavy atom. The van der Waals surface area contributed by atoms with Gasteiger partial charge >= 0.3 is 0 Å². The predicted molar refractivity (Wildman–Crippen MR) is 89.7 cm³/mol. The highest BCUT2D eigenvalue weighted by molar-refractivity contribution is 5.93. The molecular formula is C17H19N5O3. The molecule has 130 valence electrons. The molecule has 0 aliphatic rings. The van der Waals surface area contributed by atoms with Crippen molar-refractivity contribution in [3.63, 3.8) is 0 Å². The number of nitrogens with zero attached hydrogens (tertiary/aromatic N) is 5. The lowest BCUT2D eigenvalue weighted by Crippen LogP contribution is -2.27. The van der Waals surface area contributed by atoms with Crippen molar-refractivity contribution in [1.82, 2.24) is 25.1 Å². The molecule has 0 spiro atoms. The number of methoxy groups -OCH3 is 1. The molecule has 0 N–H and O–H groups in total. The summed E-state index contributed by atoms with van der Waals surface area (Å²) in [6.07, 6.45) is 0. The van der Waals surface area contributed by atoms with Crippen molar-refractivity contribution in [1.29, 1.82) is 0 Å². The highest BCUT2D eigenvalue weighted by atomic mass is 16.5. The fourth-order valence-corrected chi connectivity index (χ4v) is 2.55. The molecule has 0 unspecified atom stereocenters. The average molecular weight is 341 g/mol. The van der Waals surface area contributed by atoms with Gasteiger partial charge in [-0.15, -0.1) is 5.10 Å². The van der Waals surface area contributed by atoms with Crippen LogP contribution in [0.3, 0.4) is 0 Å². The lowest BCUT2D eigenvalue weighted by molar-refractivity contribution is 0.0775. The van der Waals surface area contributed by atoms with Gasteiger partial charge in [-0.1, -0.05) is 22.5 Å². The van der Waals surface area contributed by atoms with Gasteiger partial charge in [-0.2, -0.15) is 0 Å². The van der Waals surface area contributed by atoms with E-state index in [9.17, 15) is 4.79 Å². The maximum atomic E-state index is 12.7. The highest BCUT2D eigenvalue weighted by Crippen LogP contribution is 2.23. The second-order valence-electron chi connectivity index (χ2n) is 5.70. The molecule has 1 amide bonds. The maximum Gasteiger partial charge on any atom is 0.276 e. The van der Waals surface area contributed by atoms with Crippen LogP contribution in [-0.2, 0) is 6.54 Å². The fraction of sp³-hybridized carbons (Fsp3) is 0.294. The quantitative estimate of drug-likeness (QED) is 0.707. The predicted octanol–water partition coefficient (Wildman–Crippen LogP) is 2.15. The smallest absolute Gasteiger partial charge is 0.276 e. The van der Waals surface area contributed by atoms with E-state index in [0.717, 1.165) is 5.69 Å². The number of carbonyl (C=O) groups is 1. The van der Waals surface area contributed by atoms with Crippen molar-refractivity contribution < 1.29 is 14.1 Å². The van der Waals surface area contributed by atoms with Gasteiger partial charge in [0.1, 0.15) is 22.9 Å². The largest absolute Gasteiger partial charge is 0.494 e. The summed E-state index contributed by atoms with van der Waals surface area (Å²) in [5, 5.41) is 12.1. The summed E-state index contributed by atoms with van der Waals surface area (Å²) in [5.74, 6) is 1.12. The van der Waals surface area contributed by atoms with E-state index >= 15 is 0 Å². The summed E-state index contributed by atoms with van der Waals surface area (Å²) in [6.45, 7) is 3.94. The van der Waals surface area contributed by atoms with Gasteiger partial charge in [-0.05, 0) is 26.0 Å². The number of rotatable bonds is 5. The zero-order chi connectivity index (χ0) is 18.0. The number of hydrogen-bond acceptors (Lipinski definition) is 6. The number of carbonyl (C=O) groups excluding carboxylic acids is 1. The third kappa shape index (κ3) is 3.23. The zero-order valence-electron chi connectivity index (χ0n) is 14.6. The first kappa shape index (κ1) is 16.7. The van der Waals surface area contributed by atoms with Gasteiger partial charge in [0.25, 0.3) is 5.91 Å². The van der Waals surface area contributed by atoms with Crippen molar-refractivity contribution in [3.05, 3.63) is 53.2 Å². The van der Waals surface area contributed by atoms with Crippen molar-refractivity contribution in [3.8, 4) is 11.4 Å². The molecule has 0 saturated carbocycles. The normalized spacial score (nSPS) is 10.7. The number of amides is 1. The van der Waals surface area contributed by atoms with Crippen LogP contribution in [-0.4, -0.2) is 45.1 Å². The first-order valence-electron chi connectivity index (χ1n) is 7.74. The summed E-state index contributed by atoms with van der Waals surface area (Å²) in [4.78, 5) is 14.2. The molecular weight excluding hydrogens is 322 g/mol. The Labute approximate surface area is 145 Å². The minimum absolute atomic E-state index is 0.237. The maximum absolute atomic E-state index is 12.7. The Kier molecular flexibility index (Phi) is 4.51. The molecule has 0 aliphatic heterocycles. The topological polar surface area (TPSA) is 86.3 Å².